The lowest BCUT2D eigenvalue weighted by Crippen LogP contribution is -2.24. The molecular formula is C21H19F2N3O2. The van der Waals surface area contributed by atoms with E-state index in [4.69, 9.17) is 4.52 Å². The number of hydrogen-bond acceptors (Lipinski definition) is 4. The van der Waals surface area contributed by atoms with Crippen molar-refractivity contribution in [3.8, 4) is 11.4 Å². The number of aromatic nitrogens is 2. The second-order valence-corrected chi connectivity index (χ2v) is 6.96. The van der Waals surface area contributed by atoms with Gasteiger partial charge in [-0.3, -0.25) is 4.79 Å². The van der Waals surface area contributed by atoms with Crippen LogP contribution < -0.4 is 0 Å². The van der Waals surface area contributed by atoms with Crippen LogP contribution in [-0.4, -0.2) is 27.5 Å². The highest BCUT2D eigenvalue weighted by Crippen LogP contribution is 2.30. The Kier molecular flexibility index (Phi) is 4.90. The van der Waals surface area contributed by atoms with E-state index in [1.54, 1.807) is 4.90 Å². The van der Waals surface area contributed by atoms with Gasteiger partial charge in [-0.25, -0.2) is 8.78 Å². The Morgan fingerprint density at radius 1 is 1.11 bits per heavy atom. The monoisotopic (exact) mass is 383 g/mol. The zero-order valence-corrected chi connectivity index (χ0v) is 15.4. The molecule has 7 heteroatoms. The van der Waals surface area contributed by atoms with E-state index < -0.39 is 11.6 Å². The summed E-state index contributed by atoms with van der Waals surface area (Å²) in [6, 6.07) is 11.2. The lowest BCUT2D eigenvalue weighted by molar-refractivity contribution is -0.128. The molecule has 0 saturated carbocycles. The maximum absolute atomic E-state index is 13.4. The van der Waals surface area contributed by atoms with Crippen molar-refractivity contribution in [2.24, 2.45) is 0 Å². The van der Waals surface area contributed by atoms with E-state index in [1.807, 2.05) is 24.3 Å². The van der Waals surface area contributed by atoms with Crippen molar-refractivity contribution in [3.63, 3.8) is 0 Å². The van der Waals surface area contributed by atoms with Gasteiger partial charge in [0.15, 0.2) is 0 Å². The van der Waals surface area contributed by atoms with Crippen LogP contribution in [-0.2, 0) is 17.8 Å². The van der Waals surface area contributed by atoms with E-state index in [2.05, 4.69) is 17.1 Å². The number of carbonyl (C=O) groups excluding carboxylic acids is 1. The van der Waals surface area contributed by atoms with Crippen LogP contribution in [0.2, 0.25) is 0 Å². The van der Waals surface area contributed by atoms with Gasteiger partial charge in [-0.1, -0.05) is 36.3 Å². The summed E-state index contributed by atoms with van der Waals surface area (Å²) in [5.41, 5.74) is 2.48. The number of carbonyl (C=O) groups is 1. The Morgan fingerprint density at radius 2 is 1.82 bits per heavy atom. The third kappa shape index (κ3) is 3.78. The Bertz CT molecular complexity index is 981. The molecule has 28 heavy (non-hydrogen) atoms. The molecule has 144 valence electrons. The first-order valence-electron chi connectivity index (χ1n) is 9.17. The third-order valence-corrected chi connectivity index (χ3v) is 4.92. The maximum Gasteiger partial charge on any atom is 0.232 e. The molecule has 0 radical (unpaired) electrons. The minimum Gasteiger partial charge on any atom is -0.339 e. The van der Waals surface area contributed by atoms with E-state index in [9.17, 15) is 13.6 Å². The molecule has 5 nitrogen and oxygen atoms in total. The third-order valence-electron chi connectivity index (χ3n) is 4.92. The fourth-order valence-corrected chi connectivity index (χ4v) is 3.42. The maximum atomic E-state index is 13.4. The molecule has 2 aromatic carbocycles. The summed E-state index contributed by atoms with van der Waals surface area (Å²) in [7, 11) is 0. The normalized spacial score (nSPS) is 16.8. The molecule has 0 spiro atoms. The van der Waals surface area contributed by atoms with Crippen LogP contribution in [0.25, 0.3) is 11.4 Å². The predicted molar refractivity (Wildman–Crippen MR) is 98.2 cm³/mol. The number of halogens is 2. The molecular weight excluding hydrogens is 364 g/mol. The summed E-state index contributed by atoms with van der Waals surface area (Å²) in [4.78, 5) is 18.3. The number of likely N-dealkylation sites (tertiary alicyclic amines) is 1. The molecule has 1 fully saturated rings. The van der Waals surface area contributed by atoms with Crippen molar-refractivity contribution in [2.75, 3.05) is 6.54 Å². The zero-order valence-electron chi connectivity index (χ0n) is 15.4. The number of aryl methyl sites for hydroxylation is 1. The van der Waals surface area contributed by atoms with E-state index in [1.165, 1.54) is 17.7 Å². The average molecular weight is 383 g/mol. The molecule has 1 amide bonds. The van der Waals surface area contributed by atoms with E-state index >= 15 is 0 Å². The number of nitrogens with zero attached hydrogens (tertiary/aromatic N) is 3. The summed E-state index contributed by atoms with van der Waals surface area (Å²) in [6.45, 7) is 2.60. The Labute approximate surface area is 161 Å². The van der Waals surface area contributed by atoms with Gasteiger partial charge >= 0.3 is 0 Å². The fraction of sp³-hybridized carbons (Fsp3) is 0.286. The smallest absolute Gasteiger partial charge is 0.232 e. The standard InChI is InChI=1S/C21H19F2N3O2/c1-2-13-3-5-15(6-4-13)20-24-21(28-25-20)16-9-19(27)26(12-16)11-14-7-17(22)10-18(23)8-14/h3-8,10,16H,2,9,11-12H2,1H3. The van der Waals surface area contributed by atoms with E-state index in [0.29, 0.717) is 23.8 Å². The van der Waals surface area contributed by atoms with Crippen LogP contribution in [0.3, 0.4) is 0 Å². The molecule has 0 bridgehead atoms. The lowest BCUT2D eigenvalue weighted by atomic mass is 10.1. The lowest BCUT2D eigenvalue weighted by Gasteiger charge is -2.16. The predicted octanol–water partition coefficient (Wildman–Crippen LogP) is 4.09. The summed E-state index contributed by atoms with van der Waals surface area (Å²) in [6.07, 6.45) is 1.18. The van der Waals surface area contributed by atoms with Gasteiger partial charge in [0.25, 0.3) is 0 Å². The van der Waals surface area contributed by atoms with Crippen molar-refractivity contribution in [1.82, 2.24) is 15.0 Å². The molecule has 1 aliphatic heterocycles. The van der Waals surface area contributed by atoms with Crippen LogP contribution >= 0.6 is 0 Å². The minimum absolute atomic E-state index is 0.110. The summed E-state index contributed by atoms with van der Waals surface area (Å²) < 4.78 is 32.1. The van der Waals surface area contributed by atoms with Crippen LogP contribution in [0.5, 0.6) is 0 Å². The fourth-order valence-electron chi connectivity index (χ4n) is 3.42. The van der Waals surface area contributed by atoms with Crippen molar-refractivity contribution in [2.45, 2.75) is 32.2 Å². The highest BCUT2D eigenvalue weighted by Gasteiger charge is 2.34. The summed E-state index contributed by atoms with van der Waals surface area (Å²) in [5, 5.41) is 4.03. The molecule has 1 saturated heterocycles. The number of amides is 1. The Morgan fingerprint density at radius 3 is 2.50 bits per heavy atom. The van der Waals surface area contributed by atoms with Crippen LogP contribution in [0.4, 0.5) is 8.78 Å². The van der Waals surface area contributed by atoms with Gasteiger partial charge in [-0.2, -0.15) is 4.98 Å². The number of hydrogen-bond donors (Lipinski definition) is 0. The van der Waals surface area contributed by atoms with Gasteiger partial charge in [0.1, 0.15) is 11.6 Å². The van der Waals surface area contributed by atoms with Gasteiger partial charge in [0, 0.05) is 31.1 Å². The van der Waals surface area contributed by atoms with Crippen molar-refractivity contribution >= 4 is 5.91 Å². The molecule has 0 aliphatic carbocycles. The second-order valence-electron chi connectivity index (χ2n) is 6.96. The molecule has 1 aromatic heterocycles. The zero-order chi connectivity index (χ0) is 19.7. The number of rotatable bonds is 5. The molecule has 4 rings (SSSR count). The molecule has 0 N–H and O–H groups in total. The molecule has 1 atom stereocenters. The topological polar surface area (TPSA) is 59.2 Å². The van der Waals surface area contributed by atoms with Gasteiger partial charge < -0.3 is 9.42 Å². The summed E-state index contributed by atoms with van der Waals surface area (Å²) in [5.74, 6) is -0.780. The largest absolute Gasteiger partial charge is 0.339 e. The van der Waals surface area contributed by atoms with Crippen molar-refractivity contribution in [1.29, 1.82) is 0 Å². The van der Waals surface area contributed by atoms with Gasteiger partial charge in [0.05, 0.1) is 5.92 Å². The average Bonchev–Trinajstić information content (AvgIpc) is 3.28. The Balaban J connectivity index is 1.47. The quantitative estimate of drug-likeness (QED) is 0.666. The molecule has 1 aliphatic rings. The molecule has 2 heterocycles. The highest BCUT2D eigenvalue weighted by molar-refractivity contribution is 5.79. The first kappa shape index (κ1) is 18.3. The number of benzene rings is 2. The van der Waals surface area contributed by atoms with E-state index in [-0.39, 0.29) is 24.8 Å². The summed E-state index contributed by atoms with van der Waals surface area (Å²) >= 11 is 0. The van der Waals surface area contributed by atoms with Gasteiger partial charge in [-0.15, -0.1) is 0 Å². The van der Waals surface area contributed by atoms with Gasteiger partial charge in [-0.05, 0) is 29.7 Å². The highest BCUT2D eigenvalue weighted by atomic mass is 19.1. The molecule has 3 aromatic rings. The van der Waals surface area contributed by atoms with Crippen LogP contribution in [0, 0.1) is 11.6 Å². The SMILES string of the molecule is CCc1ccc(-c2noc(C3CC(=O)N(Cc4cc(F)cc(F)c4)C3)n2)cc1. The van der Waals surface area contributed by atoms with E-state index in [0.717, 1.165) is 18.1 Å². The second kappa shape index (κ2) is 7.50. The van der Waals surface area contributed by atoms with Crippen LogP contribution in [0.1, 0.15) is 36.3 Å². The molecule has 1 unspecified atom stereocenters. The van der Waals surface area contributed by atoms with Crippen molar-refractivity contribution in [3.05, 3.63) is 71.1 Å². The van der Waals surface area contributed by atoms with Crippen molar-refractivity contribution < 1.29 is 18.1 Å². The van der Waals surface area contributed by atoms with Crippen LogP contribution in [0.15, 0.2) is 47.0 Å². The minimum atomic E-state index is -0.658. The Hall–Kier alpha value is -3.09. The first-order valence-corrected chi connectivity index (χ1v) is 9.17. The van der Waals surface area contributed by atoms with Gasteiger partial charge in [0.2, 0.25) is 17.6 Å². The first-order chi connectivity index (χ1) is 13.5.